The summed E-state index contributed by atoms with van der Waals surface area (Å²) >= 11 is 6.24. The largest absolute Gasteiger partial charge is 0.489 e. The minimum Gasteiger partial charge on any atom is -0.489 e. The molecule has 2 amide bonds. The summed E-state index contributed by atoms with van der Waals surface area (Å²) < 4.78 is 16.8. The standard InChI is InChI=1S/C19H25ClN2O5/c1-2-21-19(24)22-13-4-6-14(7-5-13)27-18(23)12-10-15(20)17-16(11-12)25-8-3-9-26-17/h10-11,13-14H,2-9H2,1H3,(H2,21,22,24). The molecular weight excluding hydrogens is 372 g/mol. The molecule has 1 aromatic rings. The minimum absolute atomic E-state index is 0.110. The van der Waals surface area contributed by atoms with Gasteiger partial charge in [-0.1, -0.05) is 11.6 Å². The predicted molar refractivity (Wildman–Crippen MR) is 101 cm³/mol. The lowest BCUT2D eigenvalue weighted by Gasteiger charge is -2.29. The lowest BCUT2D eigenvalue weighted by Crippen LogP contribution is -2.44. The van der Waals surface area contributed by atoms with Crippen molar-refractivity contribution < 1.29 is 23.8 Å². The van der Waals surface area contributed by atoms with Crippen molar-refractivity contribution in [1.82, 2.24) is 10.6 Å². The zero-order chi connectivity index (χ0) is 19.2. The topological polar surface area (TPSA) is 85.9 Å². The number of halogens is 1. The zero-order valence-corrected chi connectivity index (χ0v) is 16.1. The van der Waals surface area contributed by atoms with E-state index in [0.717, 1.165) is 19.3 Å². The second kappa shape index (κ2) is 9.17. The molecule has 1 saturated carbocycles. The van der Waals surface area contributed by atoms with Gasteiger partial charge in [0.2, 0.25) is 0 Å². The molecule has 2 N–H and O–H groups in total. The van der Waals surface area contributed by atoms with Crippen LogP contribution in [0.3, 0.4) is 0 Å². The maximum atomic E-state index is 12.5. The molecule has 2 aliphatic rings. The molecule has 0 radical (unpaired) electrons. The first-order valence-electron chi connectivity index (χ1n) is 9.41. The number of amides is 2. The number of ether oxygens (including phenoxy) is 3. The Morgan fingerprint density at radius 3 is 2.67 bits per heavy atom. The molecule has 0 atom stereocenters. The first-order chi connectivity index (χ1) is 13.1. The van der Waals surface area contributed by atoms with Crippen molar-refractivity contribution in [2.75, 3.05) is 19.8 Å². The summed E-state index contributed by atoms with van der Waals surface area (Å²) in [4.78, 5) is 24.1. The lowest BCUT2D eigenvalue weighted by atomic mass is 9.93. The fourth-order valence-corrected chi connectivity index (χ4v) is 3.56. The van der Waals surface area contributed by atoms with Gasteiger partial charge >= 0.3 is 12.0 Å². The zero-order valence-electron chi connectivity index (χ0n) is 15.4. The molecule has 27 heavy (non-hydrogen) atoms. The van der Waals surface area contributed by atoms with Crippen molar-refractivity contribution in [3.63, 3.8) is 0 Å². The van der Waals surface area contributed by atoms with E-state index in [9.17, 15) is 9.59 Å². The summed E-state index contributed by atoms with van der Waals surface area (Å²) in [5.74, 6) is 0.525. The number of hydrogen-bond donors (Lipinski definition) is 2. The monoisotopic (exact) mass is 396 g/mol. The number of hydrogen-bond acceptors (Lipinski definition) is 5. The highest BCUT2D eigenvalue weighted by Crippen LogP contribution is 2.38. The molecule has 0 bridgehead atoms. The molecule has 8 heteroatoms. The van der Waals surface area contributed by atoms with Gasteiger partial charge in [0.1, 0.15) is 6.10 Å². The number of fused-ring (bicyclic) bond motifs is 1. The van der Waals surface area contributed by atoms with E-state index in [1.54, 1.807) is 12.1 Å². The van der Waals surface area contributed by atoms with Gasteiger partial charge in [-0.05, 0) is 44.7 Å². The summed E-state index contributed by atoms with van der Waals surface area (Å²) in [6.07, 6.45) is 3.56. The lowest BCUT2D eigenvalue weighted by molar-refractivity contribution is 0.0188. The average Bonchev–Trinajstić information content (AvgIpc) is 2.89. The molecule has 7 nitrogen and oxygen atoms in total. The minimum atomic E-state index is -0.423. The van der Waals surface area contributed by atoms with E-state index in [-0.39, 0.29) is 18.2 Å². The molecule has 148 valence electrons. The molecule has 1 fully saturated rings. The highest BCUT2D eigenvalue weighted by Gasteiger charge is 2.26. The molecule has 1 aromatic carbocycles. The highest BCUT2D eigenvalue weighted by molar-refractivity contribution is 6.32. The van der Waals surface area contributed by atoms with Crippen molar-refractivity contribution in [3.8, 4) is 11.5 Å². The van der Waals surface area contributed by atoms with Crippen LogP contribution in [0.5, 0.6) is 11.5 Å². The van der Waals surface area contributed by atoms with Crippen LogP contribution in [0.15, 0.2) is 12.1 Å². The highest BCUT2D eigenvalue weighted by atomic mass is 35.5. The van der Waals surface area contributed by atoms with E-state index in [2.05, 4.69) is 10.6 Å². The third kappa shape index (κ3) is 5.19. The molecule has 3 rings (SSSR count). The van der Waals surface area contributed by atoms with Crippen LogP contribution in [-0.2, 0) is 4.74 Å². The summed E-state index contributed by atoms with van der Waals surface area (Å²) in [5.41, 5.74) is 0.354. The van der Waals surface area contributed by atoms with Crippen LogP contribution in [0.2, 0.25) is 5.02 Å². The van der Waals surface area contributed by atoms with Crippen molar-refractivity contribution in [3.05, 3.63) is 22.7 Å². The Balaban J connectivity index is 1.55. The molecule has 0 saturated heterocycles. The summed E-state index contributed by atoms with van der Waals surface area (Å²) in [5, 5.41) is 6.00. The number of rotatable bonds is 4. The summed E-state index contributed by atoms with van der Waals surface area (Å²) in [7, 11) is 0. The maximum absolute atomic E-state index is 12.5. The Bertz CT molecular complexity index is 689. The van der Waals surface area contributed by atoms with Crippen LogP contribution in [0.25, 0.3) is 0 Å². The second-order valence-electron chi connectivity index (χ2n) is 6.72. The van der Waals surface area contributed by atoms with Crippen LogP contribution in [-0.4, -0.2) is 43.9 Å². The maximum Gasteiger partial charge on any atom is 0.338 e. The van der Waals surface area contributed by atoms with Crippen LogP contribution < -0.4 is 20.1 Å². The number of carbonyl (C=O) groups is 2. The van der Waals surface area contributed by atoms with Gasteiger partial charge in [0.15, 0.2) is 11.5 Å². The fraction of sp³-hybridized carbons (Fsp3) is 0.579. The van der Waals surface area contributed by atoms with E-state index < -0.39 is 5.97 Å². The number of nitrogens with one attached hydrogen (secondary N) is 2. The first-order valence-corrected chi connectivity index (χ1v) is 9.79. The fourth-order valence-electron chi connectivity index (χ4n) is 3.29. The van der Waals surface area contributed by atoms with Crippen molar-refractivity contribution in [2.45, 2.75) is 51.2 Å². The molecule has 0 spiro atoms. The SMILES string of the molecule is CCNC(=O)NC1CCC(OC(=O)c2cc(Cl)c3c(c2)OCCCO3)CC1. The van der Waals surface area contributed by atoms with Crippen LogP contribution in [0, 0.1) is 0 Å². The van der Waals surface area contributed by atoms with E-state index in [0.29, 0.717) is 54.7 Å². The molecule has 0 unspecified atom stereocenters. The smallest absolute Gasteiger partial charge is 0.338 e. The van der Waals surface area contributed by atoms with Gasteiger partial charge < -0.3 is 24.8 Å². The third-order valence-corrected chi connectivity index (χ3v) is 4.94. The first kappa shape index (κ1) is 19.6. The van der Waals surface area contributed by atoms with Gasteiger partial charge in [-0.25, -0.2) is 9.59 Å². The Hall–Kier alpha value is -2.15. The van der Waals surface area contributed by atoms with Crippen LogP contribution in [0.1, 0.15) is 49.4 Å². The van der Waals surface area contributed by atoms with Gasteiger partial charge in [-0.2, -0.15) is 0 Å². The Labute approximate surface area is 163 Å². The van der Waals surface area contributed by atoms with E-state index >= 15 is 0 Å². The van der Waals surface area contributed by atoms with Crippen LogP contribution >= 0.6 is 11.6 Å². The third-order valence-electron chi connectivity index (χ3n) is 4.66. The Kier molecular flexibility index (Phi) is 6.66. The quantitative estimate of drug-likeness (QED) is 0.763. The van der Waals surface area contributed by atoms with Gasteiger partial charge in [0.25, 0.3) is 0 Å². The van der Waals surface area contributed by atoms with E-state index in [1.165, 1.54) is 0 Å². The van der Waals surface area contributed by atoms with Crippen molar-refractivity contribution in [1.29, 1.82) is 0 Å². The van der Waals surface area contributed by atoms with Gasteiger partial charge in [-0.3, -0.25) is 0 Å². The average molecular weight is 397 g/mol. The Morgan fingerprint density at radius 2 is 1.93 bits per heavy atom. The second-order valence-corrected chi connectivity index (χ2v) is 7.13. The molecule has 1 heterocycles. The predicted octanol–water partition coefficient (Wildman–Crippen LogP) is 3.29. The molecule has 1 aliphatic carbocycles. The summed E-state index contributed by atoms with van der Waals surface area (Å²) in [6.45, 7) is 3.52. The molecule has 1 aliphatic heterocycles. The Morgan fingerprint density at radius 1 is 1.19 bits per heavy atom. The molecule has 0 aromatic heterocycles. The van der Waals surface area contributed by atoms with Gasteiger partial charge in [0, 0.05) is 19.0 Å². The number of carbonyl (C=O) groups excluding carboxylic acids is 2. The van der Waals surface area contributed by atoms with Crippen molar-refractivity contribution >= 4 is 23.6 Å². The van der Waals surface area contributed by atoms with Gasteiger partial charge in [0.05, 0.1) is 23.8 Å². The molecular formula is C19H25ClN2O5. The number of esters is 1. The van der Waals surface area contributed by atoms with Crippen LogP contribution in [0.4, 0.5) is 4.79 Å². The normalized spacial score (nSPS) is 21.7. The number of urea groups is 1. The van der Waals surface area contributed by atoms with Gasteiger partial charge in [-0.15, -0.1) is 0 Å². The van der Waals surface area contributed by atoms with Crippen molar-refractivity contribution in [2.24, 2.45) is 0 Å². The number of benzene rings is 1. The van der Waals surface area contributed by atoms with E-state index in [4.69, 9.17) is 25.8 Å². The van der Waals surface area contributed by atoms with E-state index in [1.807, 2.05) is 6.92 Å². The summed E-state index contributed by atoms with van der Waals surface area (Å²) in [6, 6.07) is 3.13.